The normalized spacial score (nSPS) is 18.4. The van der Waals surface area contributed by atoms with Gasteiger partial charge in [-0.25, -0.2) is 13.8 Å². The van der Waals surface area contributed by atoms with E-state index in [9.17, 15) is 27.6 Å². The smallest absolute Gasteiger partial charge is 0.338 e. The molecule has 40 heavy (non-hydrogen) atoms. The summed E-state index contributed by atoms with van der Waals surface area (Å²) in [7, 11) is 0. The minimum Gasteiger partial charge on any atom is -0.338 e. The number of halogens is 5. The molecule has 2 aliphatic rings. The van der Waals surface area contributed by atoms with E-state index in [1.165, 1.54) is 53.4 Å². The van der Waals surface area contributed by atoms with Gasteiger partial charge in [-0.05, 0) is 18.2 Å². The Balaban J connectivity index is 1.57. The number of imidazole rings is 1. The molecule has 0 bridgehead atoms. The van der Waals surface area contributed by atoms with E-state index in [0.29, 0.717) is 0 Å². The second-order valence-corrected chi connectivity index (χ2v) is 9.50. The van der Waals surface area contributed by atoms with Gasteiger partial charge < -0.3 is 9.80 Å². The lowest BCUT2D eigenvalue weighted by Gasteiger charge is -2.26. The first-order valence-electron chi connectivity index (χ1n) is 12.5. The molecule has 2 amide bonds. The van der Waals surface area contributed by atoms with Crippen LogP contribution in [-0.4, -0.2) is 57.6 Å². The van der Waals surface area contributed by atoms with Crippen LogP contribution in [0.5, 0.6) is 0 Å². The van der Waals surface area contributed by atoms with Gasteiger partial charge in [-0.15, -0.1) is 0 Å². The summed E-state index contributed by atoms with van der Waals surface area (Å²) in [6.07, 6.45) is -4.00. The number of carbonyl (C=O) groups excluding carboxylic acids is 3. The van der Waals surface area contributed by atoms with Crippen LogP contribution in [-0.2, 0) is 15.8 Å². The van der Waals surface area contributed by atoms with E-state index in [1.54, 1.807) is 6.07 Å². The molecule has 3 aromatic rings. The quantitative estimate of drug-likeness (QED) is 0.329. The van der Waals surface area contributed by atoms with Crippen molar-refractivity contribution in [2.45, 2.75) is 31.4 Å². The number of likely N-dealkylation sites (tertiary alicyclic amines) is 1. The summed E-state index contributed by atoms with van der Waals surface area (Å²) in [4.78, 5) is 44.0. The standard InChI is InChI=1S/C28H23F5N4O3/c29-27(30)12-15-36(26(40)24-25(28(31,32)33)37(17-34-24)18-6-2-1-3-7-18)22-9-5-4-8-20(22)21(27)16-23(39)35-13-10-19(38)11-14-35/h1-9,16-17H,10-15H2. The number of nitrogens with zero attached hydrogens (tertiary/aromatic N) is 4. The van der Waals surface area contributed by atoms with Gasteiger partial charge in [0.05, 0.1) is 5.69 Å². The van der Waals surface area contributed by atoms with E-state index in [0.717, 1.165) is 21.9 Å². The number of para-hydroxylation sites is 2. The van der Waals surface area contributed by atoms with Gasteiger partial charge in [0.1, 0.15) is 12.1 Å². The first-order valence-corrected chi connectivity index (χ1v) is 12.5. The molecule has 2 aromatic carbocycles. The third-order valence-corrected chi connectivity index (χ3v) is 6.95. The minimum atomic E-state index is -4.99. The Morgan fingerprint density at radius 1 is 0.925 bits per heavy atom. The summed E-state index contributed by atoms with van der Waals surface area (Å²) < 4.78 is 74.4. The van der Waals surface area contributed by atoms with Gasteiger partial charge in [-0.2, -0.15) is 13.2 Å². The fourth-order valence-electron chi connectivity index (χ4n) is 4.91. The fourth-order valence-corrected chi connectivity index (χ4v) is 4.91. The van der Waals surface area contributed by atoms with Crippen molar-refractivity contribution in [3.05, 3.63) is 84.0 Å². The first-order chi connectivity index (χ1) is 19.0. The highest BCUT2D eigenvalue weighted by atomic mass is 19.4. The average Bonchev–Trinajstić information content (AvgIpc) is 3.35. The van der Waals surface area contributed by atoms with Gasteiger partial charge in [0.25, 0.3) is 11.8 Å². The van der Waals surface area contributed by atoms with E-state index < -0.39 is 53.8 Å². The Bertz CT molecular complexity index is 1490. The van der Waals surface area contributed by atoms with E-state index in [-0.39, 0.29) is 48.7 Å². The number of benzene rings is 2. The van der Waals surface area contributed by atoms with Crippen molar-refractivity contribution in [1.29, 1.82) is 0 Å². The Morgan fingerprint density at radius 3 is 2.25 bits per heavy atom. The van der Waals surface area contributed by atoms with Crippen LogP contribution in [0.15, 0.2) is 67.0 Å². The number of piperidine rings is 1. The van der Waals surface area contributed by atoms with Crippen LogP contribution >= 0.6 is 0 Å². The SMILES string of the molecule is O=C1CCN(C(=O)C=C2c3ccccc3N(C(=O)c3ncn(-c4ccccc4)c3C(F)(F)F)CCC2(F)F)CC1. The van der Waals surface area contributed by atoms with Gasteiger partial charge >= 0.3 is 6.18 Å². The maximum Gasteiger partial charge on any atom is 0.434 e. The van der Waals surface area contributed by atoms with Crippen molar-refractivity contribution in [2.24, 2.45) is 0 Å². The Labute approximate surface area is 225 Å². The number of hydrogen-bond donors (Lipinski definition) is 0. The zero-order valence-electron chi connectivity index (χ0n) is 21.0. The number of alkyl halides is 5. The van der Waals surface area contributed by atoms with Crippen LogP contribution in [0.1, 0.15) is 41.0 Å². The lowest BCUT2D eigenvalue weighted by molar-refractivity contribution is -0.142. The molecular formula is C28H23F5N4O3. The zero-order chi connectivity index (χ0) is 28.7. The van der Waals surface area contributed by atoms with E-state index >= 15 is 8.78 Å². The number of hydrogen-bond acceptors (Lipinski definition) is 4. The number of fused-ring (bicyclic) bond motifs is 1. The fraction of sp³-hybridized carbons (Fsp3) is 0.286. The van der Waals surface area contributed by atoms with Crippen LogP contribution in [0.2, 0.25) is 0 Å². The maximum atomic E-state index is 15.5. The lowest BCUT2D eigenvalue weighted by atomic mass is 9.96. The topological polar surface area (TPSA) is 75.5 Å². The Kier molecular flexibility index (Phi) is 7.03. The molecule has 0 radical (unpaired) electrons. The monoisotopic (exact) mass is 558 g/mol. The molecule has 0 unspecified atom stereocenters. The second-order valence-electron chi connectivity index (χ2n) is 9.50. The first kappa shape index (κ1) is 27.2. The summed E-state index contributed by atoms with van der Waals surface area (Å²) in [5.41, 5.74) is -3.02. The molecule has 1 aromatic heterocycles. The number of rotatable bonds is 3. The van der Waals surface area contributed by atoms with Gasteiger partial charge in [-0.3, -0.25) is 19.0 Å². The number of allylic oxidation sites excluding steroid dienone is 1. The molecule has 0 aliphatic carbocycles. The van der Waals surface area contributed by atoms with Gasteiger partial charge in [0, 0.05) is 61.8 Å². The van der Waals surface area contributed by atoms with E-state index in [2.05, 4.69) is 4.98 Å². The second kappa shape index (κ2) is 10.3. The molecule has 3 heterocycles. The molecule has 1 fully saturated rings. The van der Waals surface area contributed by atoms with Crippen molar-refractivity contribution >= 4 is 28.9 Å². The lowest BCUT2D eigenvalue weighted by Crippen LogP contribution is -2.38. The molecule has 0 saturated carbocycles. The highest BCUT2D eigenvalue weighted by molar-refractivity contribution is 6.09. The van der Waals surface area contributed by atoms with Crippen LogP contribution in [0.3, 0.4) is 0 Å². The number of Topliss-reactive ketones (excluding diaryl/α,β-unsaturated/α-hetero) is 1. The molecule has 1 saturated heterocycles. The molecule has 208 valence electrons. The van der Waals surface area contributed by atoms with Gasteiger partial charge in [-0.1, -0.05) is 36.4 Å². The molecule has 2 aliphatic heterocycles. The minimum absolute atomic E-state index is 0.0241. The molecule has 0 spiro atoms. The number of aromatic nitrogens is 2. The zero-order valence-corrected chi connectivity index (χ0v) is 21.0. The average molecular weight is 559 g/mol. The van der Waals surface area contributed by atoms with Crippen LogP contribution in [0.4, 0.5) is 27.6 Å². The Hall–Kier alpha value is -4.35. The predicted molar refractivity (Wildman–Crippen MR) is 135 cm³/mol. The van der Waals surface area contributed by atoms with Crippen LogP contribution < -0.4 is 4.90 Å². The number of anilines is 1. The van der Waals surface area contributed by atoms with Crippen molar-refractivity contribution in [3.8, 4) is 5.69 Å². The van der Waals surface area contributed by atoms with Gasteiger partial charge in [0.15, 0.2) is 11.4 Å². The third-order valence-electron chi connectivity index (χ3n) is 6.95. The van der Waals surface area contributed by atoms with E-state index in [4.69, 9.17) is 0 Å². The maximum absolute atomic E-state index is 15.5. The number of ketones is 1. The third kappa shape index (κ3) is 5.13. The predicted octanol–water partition coefficient (Wildman–Crippen LogP) is 5.15. The number of carbonyl (C=O) groups is 3. The summed E-state index contributed by atoms with van der Waals surface area (Å²) in [5.74, 6) is -5.52. The van der Waals surface area contributed by atoms with Crippen LogP contribution in [0.25, 0.3) is 11.3 Å². The molecule has 5 rings (SSSR count). The van der Waals surface area contributed by atoms with Crippen LogP contribution in [0, 0.1) is 0 Å². The molecule has 0 N–H and O–H groups in total. The molecule has 7 nitrogen and oxygen atoms in total. The summed E-state index contributed by atoms with van der Waals surface area (Å²) in [6.45, 7) is -0.421. The number of amides is 2. The van der Waals surface area contributed by atoms with Crippen molar-refractivity contribution < 1.29 is 36.3 Å². The summed E-state index contributed by atoms with van der Waals surface area (Å²) in [6, 6.07) is 13.0. The molecule has 0 atom stereocenters. The Morgan fingerprint density at radius 2 is 1.57 bits per heavy atom. The van der Waals surface area contributed by atoms with Crippen molar-refractivity contribution in [1.82, 2.24) is 14.5 Å². The highest BCUT2D eigenvalue weighted by Gasteiger charge is 2.45. The van der Waals surface area contributed by atoms with Crippen molar-refractivity contribution in [3.63, 3.8) is 0 Å². The largest absolute Gasteiger partial charge is 0.434 e. The summed E-state index contributed by atoms with van der Waals surface area (Å²) in [5, 5.41) is 0. The summed E-state index contributed by atoms with van der Waals surface area (Å²) >= 11 is 0. The van der Waals surface area contributed by atoms with Gasteiger partial charge in [0.2, 0.25) is 5.91 Å². The molecule has 12 heteroatoms. The molecular weight excluding hydrogens is 535 g/mol. The van der Waals surface area contributed by atoms with E-state index in [1.807, 2.05) is 0 Å². The van der Waals surface area contributed by atoms with Crippen molar-refractivity contribution in [2.75, 3.05) is 24.5 Å². The highest BCUT2D eigenvalue weighted by Crippen LogP contribution is 2.44.